The Balaban J connectivity index is 2.31. The fourth-order valence-corrected chi connectivity index (χ4v) is 3.29. The molecule has 5 nitrogen and oxygen atoms in total. The molecule has 24 heavy (non-hydrogen) atoms. The number of nitrogens with zero attached hydrogens (tertiary/aromatic N) is 2. The van der Waals surface area contributed by atoms with Crippen molar-refractivity contribution >= 4 is 28.6 Å². The van der Waals surface area contributed by atoms with Crippen molar-refractivity contribution in [1.29, 1.82) is 0 Å². The highest BCUT2D eigenvalue weighted by Gasteiger charge is 2.15. The lowest BCUT2D eigenvalue weighted by atomic mass is 10.1. The van der Waals surface area contributed by atoms with Crippen molar-refractivity contribution < 1.29 is 9.90 Å². The Morgan fingerprint density at radius 2 is 1.88 bits per heavy atom. The quantitative estimate of drug-likeness (QED) is 0.523. The lowest BCUT2D eigenvalue weighted by Gasteiger charge is -2.16. The van der Waals surface area contributed by atoms with Crippen molar-refractivity contribution in [2.45, 2.75) is 18.5 Å². The molecule has 0 saturated heterocycles. The number of aliphatic carboxylic acids is 1. The molecule has 122 valence electrons. The Kier molecular flexibility index (Phi) is 4.66. The highest BCUT2D eigenvalue weighted by molar-refractivity contribution is 7.99. The molecule has 0 radical (unpaired) electrons. The second kappa shape index (κ2) is 6.88. The largest absolute Gasteiger partial charge is 0.549 e. The van der Waals surface area contributed by atoms with Gasteiger partial charge in [0, 0.05) is 5.75 Å². The van der Waals surface area contributed by atoms with Gasteiger partial charge in [0.2, 0.25) is 0 Å². The van der Waals surface area contributed by atoms with Crippen LogP contribution in [0.25, 0.3) is 16.6 Å². The van der Waals surface area contributed by atoms with Gasteiger partial charge in [-0.2, -0.15) is 0 Å². The number of benzene rings is 2. The van der Waals surface area contributed by atoms with E-state index >= 15 is 0 Å². The van der Waals surface area contributed by atoms with Gasteiger partial charge in [0.1, 0.15) is 0 Å². The first-order valence-corrected chi connectivity index (χ1v) is 8.53. The summed E-state index contributed by atoms with van der Waals surface area (Å²) < 4.78 is 1.49. The molecule has 0 aliphatic rings. The van der Waals surface area contributed by atoms with Gasteiger partial charge in [0.05, 0.1) is 22.6 Å². The van der Waals surface area contributed by atoms with E-state index in [1.54, 1.807) is 24.3 Å². The fraction of sp³-hybridized carbons (Fsp3) is 0.167. The van der Waals surface area contributed by atoms with Crippen LogP contribution in [0.3, 0.4) is 0 Å². The number of carboxylic acids is 1. The van der Waals surface area contributed by atoms with E-state index in [1.165, 1.54) is 4.57 Å². The summed E-state index contributed by atoms with van der Waals surface area (Å²) in [5.74, 6) is -1.46. The Bertz CT molecular complexity index is 966. The number of fused-ring (bicyclic) bond motifs is 1. The predicted octanol–water partition coefficient (Wildman–Crippen LogP) is 1.79. The number of aryl methyl sites for hydroxylation is 1. The second-order valence-electron chi connectivity index (χ2n) is 5.20. The number of aromatic nitrogens is 2. The highest BCUT2D eigenvalue weighted by Crippen LogP contribution is 2.23. The van der Waals surface area contributed by atoms with E-state index in [0.29, 0.717) is 16.1 Å². The van der Waals surface area contributed by atoms with Crippen LogP contribution in [-0.2, 0) is 11.2 Å². The van der Waals surface area contributed by atoms with Crippen LogP contribution in [-0.4, -0.2) is 21.3 Å². The normalized spacial score (nSPS) is 10.9. The number of carbonyl (C=O) groups excluding carboxylic acids is 1. The summed E-state index contributed by atoms with van der Waals surface area (Å²) in [6, 6.07) is 14.6. The number of para-hydroxylation sites is 2. The van der Waals surface area contributed by atoms with Crippen LogP contribution in [0.2, 0.25) is 0 Å². The van der Waals surface area contributed by atoms with Crippen LogP contribution in [0.4, 0.5) is 0 Å². The standard InChI is InChI=1S/C18H16N2O3S/c1-2-12-7-3-6-10-15(12)20-17(23)13-8-4-5-9-14(13)19-18(20)24-11-16(21)22/h3-10H,2,11H2,1H3,(H,21,22)/p-1. The summed E-state index contributed by atoms with van der Waals surface area (Å²) in [6.45, 7) is 2.01. The molecule has 1 heterocycles. The van der Waals surface area contributed by atoms with Crippen molar-refractivity contribution in [3.05, 3.63) is 64.4 Å². The summed E-state index contributed by atoms with van der Waals surface area (Å²) in [7, 11) is 0. The van der Waals surface area contributed by atoms with Crippen molar-refractivity contribution in [3.63, 3.8) is 0 Å². The molecular weight excluding hydrogens is 324 g/mol. The van der Waals surface area contributed by atoms with Crippen LogP contribution in [0.1, 0.15) is 12.5 Å². The Hall–Kier alpha value is -2.60. The SMILES string of the molecule is CCc1ccccc1-n1c(SCC(=O)[O-])nc2ccccc2c1=O. The maximum absolute atomic E-state index is 13.0. The van der Waals surface area contributed by atoms with Gasteiger partial charge >= 0.3 is 0 Å². The topological polar surface area (TPSA) is 75.0 Å². The number of hydrogen-bond acceptors (Lipinski definition) is 5. The van der Waals surface area contributed by atoms with Gasteiger partial charge < -0.3 is 9.90 Å². The number of rotatable bonds is 5. The zero-order valence-electron chi connectivity index (χ0n) is 13.1. The molecule has 0 bridgehead atoms. The molecule has 0 fully saturated rings. The summed E-state index contributed by atoms with van der Waals surface area (Å²) in [6.07, 6.45) is 0.750. The van der Waals surface area contributed by atoms with E-state index in [2.05, 4.69) is 4.98 Å². The predicted molar refractivity (Wildman–Crippen MR) is 92.4 cm³/mol. The maximum atomic E-state index is 13.0. The first-order chi connectivity index (χ1) is 11.6. The van der Waals surface area contributed by atoms with Crippen molar-refractivity contribution in [2.24, 2.45) is 0 Å². The van der Waals surface area contributed by atoms with Crippen LogP contribution < -0.4 is 10.7 Å². The zero-order valence-corrected chi connectivity index (χ0v) is 13.9. The number of thioether (sulfide) groups is 1. The van der Waals surface area contributed by atoms with Crippen molar-refractivity contribution in [1.82, 2.24) is 9.55 Å². The van der Waals surface area contributed by atoms with E-state index < -0.39 is 5.97 Å². The Morgan fingerprint density at radius 3 is 2.62 bits per heavy atom. The molecule has 0 unspecified atom stereocenters. The minimum Gasteiger partial charge on any atom is -0.549 e. The van der Waals surface area contributed by atoms with Gasteiger partial charge in [0.15, 0.2) is 5.16 Å². The molecule has 1 aromatic heterocycles. The lowest BCUT2D eigenvalue weighted by Crippen LogP contribution is -2.26. The molecule has 0 atom stereocenters. The molecule has 0 saturated carbocycles. The number of carbonyl (C=O) groups is 1. The average Bonchev–Trinajstić information content (AvgIpc) is 2.60. The van der Waals surface area contributed by atoms with Crippen LogP contribution >= 0.6 is 11.8 Å². The van der Waals surface area contributed by atoms with Crippen LogP contribution in [0.15, 0.2) is 58.5 Å². The van der Waals surface area contributed by atoms with E-state index in [9.17, 15) is 14.7 Å². The minimum absolute atomic E-state index is 0.206. The number of hydrogen-bond donors (Lipinski definition) is 0. The smallest absolute Gasteiger partial charge is 0.266 e. The summed E-state index contributed by atoms with van der Waals surface area (Å²) in [4.78, 5) is 28.3. The van der Waals surface area contributed by atoms with E-state index in [-0.39, 0.29) is 11.3 Å². The van der Waals surface area contributed by atoms with E-state index in [1.807, 2.05) is 31.2 Å². The first-order valence-electron chi connectivity index (χ1n) is 7.54. The summed E-state index contributed by atoms with van der Waals surface area (Å²) in [5, 5.41) is 11.7. The minimum atomic E-state index is -1.20. The Morgan fingerprint density at radius 1 is 1.17 bits per heavy atom. The van der Waals surface area contributed by atoms with Gasteiger partial charge in [-0.25, -0.2) is 4.98 Å². The monoisotopic (exact) mass is 339 g/mol. The molecule has 0 aliphatic carbocycles. The molecule has 3 aromatic rings. The van der Waals surface area contributed by atoms with Gasteiger partial charge in [-0.15, -0.1) is 0 Å². The average molecular weight is 339 g/mol. The molecule has 0 N–H and O–H groups in total. The van der Waals surface area contributed by atoms with Crippen molar-refractivity contribution in [3.8, 4) is 5.69 Å². The van der Waals surface area contributed by atoms with E-state index in [4.69, 9.17) is 0 Å². The highest BCUT2D eigenvalue weighted by atomic mass is 32.2. The third-order valence-electron chi connectivity index (χ3n) is 3.68. The molecule has 0 spiro atoms. The van der Waals surface area contributed by atoms with Gasteiger partial charge in [-0.1, -0.05) is 49.0 Å². The summed E-state index contributed by atoms with van der Waals surface area (Å²) in [5.41, 5.74) is 2.06. The van der Waals surface area contributed by atoms with Gasteiger partial charge in [-0.05, 0) is 30.2 Å². The third-order valence-corrected chi connectivity index (χ3v) is 4.59. The summed E-state index contributed by atoms with van der Waals surface area (Å²) >= 11 is 0.988. The number of carboxylic acid groups (broad SMARTS) is 1. The molecule has 0 aliphatic heterocycles. The van der Waals surface area contributed by atoms with Gasteiger partial charge in [-0.3, -0.25) is 9.36 Å². The van der Waals surface area contributed by atoms with Crippen LogP contribution in [0.5, 0.6) is 0 Å². The molecular formula is C18H15N2O3S-. The van der Waals surface area contributed by atoms with Gasteiger partial charge in [0.25, 0.3) is 5.56 Å². The van der Waals surface area contributed by atoms with Crippen LogP contribution in [0, 0.1) is 0 Å². The third kappa shape index (κ3) is 3.05. The maximum Gasteiger partial charge on any atom is 0.266 e. The van der Waals surface area contributed by atoms with Crippen molar-refractivity contribution in [2.75, 3.05) is 5.75 Å². The first kappa shape index (κ1) is 16.3. The second-order valence-corrected chi connectivity index (χ2v) is 6.14. The molecule has 2 aromatic carbocycles. The Labute approximate surface area is 143 Å². The molecule has 6 heteroatoms. The van der Waals surface area contributed by atoms with E-state index in [0.717, 1.165) is 29.4 Å². The molecule has 0 amide bonds. The lowest BCUT2D eigenvalue weighted by molar-refractivity contribution is -0.301. The molecule has 3 rings (SSSR count). The zero-order chi connectivity index (χ0) is 17.1. The fourth-order valence-electron chi connectivity index (χ4n) is 2.57.